The highest BCUT2D eigenvalue weighted by atomic mass is 16.5. The first kappa shape index (κ1) is 13.5. The zero-order valence-corrected chi connectivity index (χ0v) is 12.4. The van der Waals surface area contributed by atoms with Gasteiger partial charge in [-0.15, -0.1) is 10.2 Å². The predicted molar refractivity (Wildman–Crippen MR) is 89.0 cm³/mol. The minimum absolute atomic E-state index is 0.150. The van der Waals surface area contributed by atoms with Crippen LogP contribution in [0, 0.1) is 0 Å². The lowest BCUT2D eigenvalue weighted by molar-refractivity contribution is -0.110. The Balaban J connectivity index is 1.92. The summed E-state index contributed by atoms with van der Waals surface area (Å²) >= 11 is 0. The summed E-state index contributed by atoms with van der Waals surface area (Å²) in [6, 6.07) is 15.2. The van der Waals surface area contributed by atoms with Gasteiger partial charge in [0.15, 0.2) is 5.75 Å². The van der Waals surface area contributed by atoms with E-state index < -0.39 is 0 Å². The average Bonchev–Trinajstić information content (AvgIpc) is 2.90. The molecule has 0 radical (unpaired) electrons. The van der Waals surface area contributed by atoms with Crippen molar-refractivity contribution in [3.63, 3.8) is 0 Å². The maximum atomic E-state index is 12.2. The Bertz CT molecular complexity index is 963. The molecule has 4 rings (SSSR count). The molecule has 5 nitrogen and oxygen atoms in total. The molecule has 1 N–H and O–H groups in total. The highest BCUT2D eigenvalue weighted by Crippen LogP contribution is 2.35. The molecular weight excluding hydrogens is 290 g/mol. The van der Waals surface area contributed by atoms with Gasteiger partial charge in [-0.2, -0.15) is 0 Å². The fourth-order valence-electron chi connectivity index (χ4n) is 2.77. The number of fused-ring (bicyclic) bond motifs is 2. The minimum Gasteiger partial charge on any atom is -0.494 e. The summed E-state index contributed by atoms with van der Waals surface area (Å²) in [6.45, 7) is 0. The van der Waals surface area contributed by atoms with Gasteiger partial charge in [0.1, 0.15) is 5.69 Å². The lowest BCUT2D eigenvalue weighted by atomic mass is 10.1. The van der Waals surface area contributed by atoms with Crippen molar-refractivity contribution in [1.82, 2.24) is 10.2 Å². The smallest absolute Gasteiger partial charge is 0.256 e. The number of amides is 1. The molecule has 5 heteroatoms. The summed E-state index contributed by atoms with van der Waals surface area (Å²) in [5, 5.41) is 12.1. The van der Waals surface area contributed by atoms with Crippen LogP contribution in [0.3, 0.4) is 0 Å². The number of benzene rings is 2. The average molecular weight is 303 g/mol. The molecule has 2 heterocycles. The fraction of sp³-hybridized carbons (Fsp3) is 0.0556. The molecule has 0 fully saturated rings. The molecule has 1 aliphatic heterocycles. The van der Waals surface area contributed by atoms with Crippen molar-refractivity contribution in [3.05, 3.63) is 59.8 Å². The number of hydrogen-bond donors (Lipinski definition) is 1. The maximum Gasteiger partial charge on any atom is 0.256 e. The largest absolute Gasteiger partial charge is 0.494 e. The number of carbonyl (C=O) groups excluding carboxylic acids is 1. The van der Waals surface area contributed by atoms with Crippen molar-refractivity contribution >= 4 is 34.1 Å². The number of ether oxygens (including phenoxy) is 1. The third-order valence-electron chi connectivity index (χ3n) is 3.84. The zero-order chi connectivity index (χ0) is 15.8. The Hall–Kier alpha value is -3.21. The fourth-order valence-corrected chi connectivity index (χ4v) is 2.77. The molecule has 1 amide bonds. The summed E-state index contributed by atoms with van der Waals surface area (Å²) < 4.78 is 5.51. The Morgan fingerprint density at radius 1 is 1.04 bits per heavy atom. The molecule has 0 aliphatic carbocycles. The number of anilines is 1. The van der Waals surface area contributed by atoms with Crippen LogP contribution in [-0.2, 0) is 4.79 Å². The van der Waals surface area contributed by atoms with E-state index >= 15 is 0 Å². The van der Waals surface area contributed by atoms with Gasteiger partial charge in [-0.1, -0.05) is 30.3 Å². The van der Waals surface area contributed by atoms with Crippen molar-refractivity contribution in [2.24, 2.45) is 0 Å². The van der Waals surface area contributed by atoms with Gasteiger partial charge in [-0.25, -0.2) is 0 Å². The summed E-state index contributed by atoms with van der Waals surface area (Å²) in [7, 11) is 1.59. The van der Waals surface area contributed by atoms with Crippen molar-refractivity contribution in [1.29, 1.82) is 0 Å². The van der Waals surface area contributed by atoms with E-state index in [0.717, 1.165) is 22.2 Å². The first-order valence-corrected chi connectivity index (χ1v) is 7.20. The van der Waals surface area contributed by atoms with Gasteiger partial charge in [-0.05, 0) is 24.3 Å². The maximum absolute atomic E-state index is 12.2. The molecular formula is C18H13N3O2. The number of aromatic nitrogens is 2. The molecule has 112 valence electrons. The zero-order valence-electron chi connectivity index (χ0n) is 12.4. The van der Waals surface area contributed by atoms with Crippen LogP contribution in [0.2, 0.25) is 0 Å². The monoisotopic (exact) mass is 303 g/mol. The molecule has 0 bridgehead atoms. The topological polar surface area (TPSA) is 64.1 Å². The predicted octanol–water partition coefficient (Wildman–Crippen LogP) is 3.13. The molecule has 0 atom stereocenters. The van der Waals surface area contributed by atoms with Gasteiger partial charge in [0.2, 0.25) is 0 Å². The lowest BCUT2D eigenvalue weighted by Crippen LogP contribution is -2.04. The molecule has 1 aliphatic rings. The van der Waals surface area contributed by atoms with Crippen LogP contribution in [0.4, 0.5) is 5.69 Å². The van der Waals surface area contributed by atoms with Gasteiger partial charge in [0, 0.05) is 16.6 Å². The SMILES string of the molecule is COc1c(/C=C2/C(=O)Nc3ccccc32)nnc2ccccc12. The van der Waals surface area contributed by atoms with E-state index in [1.54, 1.807) is 13.2 Å². The molecule has 0 saturated carbocycles. The number of rotatable bonds is 2. The van der Waals surface area contributed by atoms with Crippen LogP contribution in [0.5, 0.6) is 5.75 Å². The lowest BCUT2D eigenvalue weighted by Gasteiger charge is -2.07. The number of nitrogens with zero attached hydrogens (tertiary/aromatic N) is 2. The van der Waals surface area contributed by atoms with Crippen LogP contribution in [0.15, 0.2) is 48.5 Å². The summed E-state index contributed by atoms with van der Waals surface area (Å²) in [5.74, 6) is 0.462. The standard InChI is InChI=1S/C18H13N3O2/c1-23-17-12-7-3-5-9-15(12)20-21-16(17)10-13-11-6-2-4-8-14(11)19-18(13)22/h2-10H,1H3,(H,19,22)/b13-10+. The Kier molecular flexibility index (Phi) is 3.05. The Morgan fingerprint density at radius 3 is 2.70 bits per heavy atom. The quantitative estimate of drug-likeness (QED) is 0.739. The number of carbonyl (C=O) groups is 1. The van der Waals surface area contributed by atoms with Gasteiger partial charge in [-0.3, -0.25) is 4.79 Å². The van der Waals surface area contributed by atoms with Crippen molar-refractivity contribution in [2.45, 2.75) is 0 Å². The highest BCUT2D eigenvalue weighted by molar-refractivity contribution is 6.35. The second kappa shape index (κ2) is 5.21. The first-order valence-electron chi connectivity index (χ1n) is 7.20. The van der Waals surface area contributed by atoms with Crippen LogP contribution < -0.4 is 10.1 Å². The van der Waals surface area contributed by atoms with Gasteiger partial charge in [0.25, 0.3) is 5.91 Å². The molecule has 0 unspecified atom stereocenters. The van der Waals surface area contributed by atoms with Crippen LogP contribution >= 0.6 is 0 Å². The van der Waals surface area contributed by atoms with E-state index in [2.05, 4.69) is 15.5 Å². The number of hydrogen-bond acceptors (Lipinski definition) is 4. The summed E-state index contributed by atoms with van der Waals surface area (Å²) in [4.78, 5) is 12.2. The summed E-state index contributed by atoms with van der Waals surface area (Å²) in [6.07, 6.45) is 1.72. The Morgan fingerprint density at radius 2 is 1.83 bits per heavy atom. The normalized spacial score (nSPS) is 14.8. The number of methoxy groups -OCH3 is 1. The van der Waals surface area contributed by atoms with Crippen LogP contribution in [0.25, 0.3) is 22.6 Å². The number of para-hydroxylation sites is 1. The van der Waals surface area contributed by atoms with E-state index in [1.165, 1.54) is 0 Å². The summed E-state index contributed by atoms with van der Waals surface area (Å²) in [5.41, 5.74) is 3.50. The van der Waals surface area contributed by atoms with E-state index in [-0.39, 0.29) is 5.91 Å². The molecule has 1 aromatic heterocycles. The molecule has 2 aromatic carbocycles. The van der Waals surface area contributed by atoms with E-state index in [1.807, 2.05) is 48.5 Å². The van der Waals surface area contributed by atoms with Crippen LogP contribution in [-0.4, -0.2) is 23.2 Å². The van der Waals surface area contributed by atoms with Gasteiger partial charge in [0.05, 0.1) is 18.2 Å². The molecule has 0 saturated heterocycles. The second-order valence-corrected chi connectivity index (χ2v) is 5.19. The van der Waals surface area contributed by atoms with E-state index in [0.29, 0.717) is 17.0 Å². The molecule has 0 spiro atoms. The van der Waals surface area contributed by atoms with Crippen molar-refractivity contribution in [2.75, 3.05) is 12.4 Å². The number of nitrogens with one attached hydrogen (secondary N) is 1. The molecule has 3 aromatic rings. The highest BCUT2D eigenvalue weighted by Gasteiger charge is 2.24. The second-order valence-electron chi connectivity index (χ2n) is 5.19. The Labute approximate surface area is 132 Å². The first-order chi connectivity index (χ1) is 11.3. The van der Waals surface area contributed by atoms with Crippen molar-refractivity contribution in [3.8, 4) is 5.75 Å². The third kappa shape index (κ3) is 2.14. The molecule has 23 heavy (non-hydrogen) atoms. The van der Waals surface area contributed by atoms with Gasteiger partial charge < -0.3 is 10.1 Å². The van der Waals surface area contributed by atoms with Crippen molar-refractivity contribution < 1.29 is 9.53 Å². The van der Waals surface area contributed by atoms with E-state index in [9.17, 15) is 4.79 Å². The third-order valence-corrected chi connectivity index (χ3v) is 3.84. The van der Waals surface area contributed by atoms with Gasteiger partial charge >= 0.3 is 0 Å². The van der Waals surface area contributed by atoms with Crippen LogP contribution in [0.1, 0.15) is 11.3 Å². The van der Waals surface area contributed by atoms with E-state index in [4.69, 9.17) is 4.74 Å². The minimum atomic E-state index is -0.150.